The van der Waals surface area contributed by atoms with Crippen molar-refractivity contribution in [3.8, 4) is 0 Å². The predicted molar refractivity (Wildman–Crippen MR) is 101 cm³/mol. The highest BCUT2D eigenvalue weighted by atomic mass is 19.1. The number of piperazine rings is 1. The van der Waals surface area contributed by atoms with Crippen molar-refractivity contribution in [2.24, 2.45) is 11.8 Å². The number of amides is 2. The third-order valence-corrected chi connectivity index (χ3v) is 5.25. The van der Waals surface area contributed by atoms with Crippen molar-refractivity contribution >= 4 is 17.8 Å². The van der Waals surface area contributed by atoms with Crippen LogP contribution in [-0.2, 0) is 16.1 Å². The smallest absolute Gasteiger partial charge is 0.226 e. The lowest BCUT2D eigenvalue weighted by molar-refractivity contribution is -0.135. The number of nitrogens with one attached hydrogen (secondary N) is 1. The zero-order valence-electron chi connectivity index (χ0n) is 15.4. The molecule has 146 valence electrons. The Morgan fingerprint density at radius 3 is 2.39 bits per heavy atom. The van der Waals surface area contributed by atoms with Crippen molar-refractivity contribution in [3.05, 3.63) is 54.1 Å². The van der Waals surface area contributed by atoms with Crippen molar-refractivity contribution < 1.29 is 14.0 Å². The molecule has 2 atom stereocenters. The fourth-order valence-corrected chi connectivity index (χ4v) is 3.50. The van der Waals surface area contributed by atoms with Crippen molar-refractivity contribution in [2.75, 3.05) is 31.1 Å². The maximum absolute atomic E-state index is 12.9. The number of anilines is 1. The first-order valence-corrected chi connectivity index (χ1v) is 9.45. The number of aromatic nitrogens is 2. The van der Waals surface area contributed by atoms with Crippen molar-refractivity contribution in [3.63, 3.8) is 0 Å². The maximum Gasteiger partial charge on any atom is 0.226 e. The van der Waals surface area contributed by atoms with Crippen LogP contribution in [-0.4, -0.2) is 52.9 Å². The molecule has 1 aromatic heterocycles. The Morgan fingerprint density at radius 1 is 1.04 bits per heavy atom. The van der Waals surface area contributed by atoms with E-state index in [9.17, 15) is 14.0 Å². The van der Waals surface area contributed by atoms with Crippen molar-refractivity contribution in [1.82, 2.24) is 20.2 Å². The Balaban J connectivity index is 1.23. The third-order valence-electron chi connectivity index (χ3n) is 5.25. The maximum atomic E-state index is 12.9. The number of hydrogen-bond acceptors (Lipinski definition) is 5. The third kappa shape index (κ3) is 4.11. The van der Waals surface area contributed by atoms with Crippen LogP contribution in [0.1, 0.15) is 12.0 Å². The fraction of sp³-hybridized carbons (Fsp3) is 0.400. The molecule has 7 nitrogen and oxygen atoms in total. The zero-order chi connectivity index (χ0) is 19.5. The summed E-state index contributed by atoms with van der Waals surface area (Å²) in [6, 6.07) is 7.79. The normalized spacial score (nSPS) is 21.3. The molecule has 1 aliphatic carbocycles. The summed E-state index contributed by atoms with van der Waals surface area (Å²) in [6.45, 7) is 2.93. The van der Waals surface area contributed by atoms with E-state index in [1.165, 1.54) is 12.1 Å². The average molecular weight is 383 g/mol. The van der Waals surface area contributed by atoms with E-state index in [4.69, 9.17) is 0 Å². The Morgan fingerprint density at radius 2 is 1.71 bits per heavy atom. The summed E-state index contributed by atoms with van der Waals surface area (Å²) < 4.78 is 12.9. The van der Waals surface area contributed by atoms with Crippen LogP contribution in [0.2, 0.25) is 0 Å². The van der Waals surface area contributed by atoms with E-state index in [0.29, 0.717) is 45.1 Å². The van der Waals surface area contributed by atoms with Crippen molar-refractivity contribution in [1.29, 1.82) is 0 Å². The van der Waals surface area contributed by atoms with Gasteiger partial charge in [-0.1, -0.05) is 12.1 Å². The van der Waals surface area contributed by atoms with Gasteiger partial charge in [-0.15, -0.1) is 0 Å². The van der Waals surface area contributed by atoms with Gasteiger partial charge in [-0.25, -0.2) is 14.4 Å². The molecule has 2 unspecified atom stereocenters. The summed E-state index contributed by atoms with van der Waals surface area (Å²) in [5.74, 6) is -0.174. The first-order chi connectivity index (χ1) is 13.6. The van der Waals surface area contributed by atoms with Crippen LogP contribution in [0.4, 0.5) is 10.3 Å². The molecule has 2 amide bonds. The predicted octanol–water partition coefficient (Wildman–Crippen LogP) is 1.22. The summed E-state index contributed by atoms with van der Waals surface area (Å²) in [7, 11) is 0. The minimum absolute atomic E-state index is 0.0514. The highest BCUT2D eigenvalue weighted by Crippen LogP contribution is 2.40. The van der Waals surface area contributed by atoms with Crippen LogP contribution >= 0.6 is 0 Å². The van der Waals surface area contributed by atoms with E-state index < -0.39 is 0 Å². The highest BCUT2D eigenvalue weighted by Gasteiger charge is 2.49. The van der Waals surface area contributed by atoms with E-state index in [1.807, 2.05) is 4.90 Å². The quantitative estimate of drug-likeness (QED) is 0.840. The minimum atomic E-state index is -0.304. The summed E-state index contributed by atoms with van der Waals surface area (Å²) in [5.41, 5.74) is 0.831. The zero-order valence-corrected chi connectivity index (χ0v) is 15.4. The molecule has 2 aliphatic rings. The molecule has 28 heavy (non-hydrogen) atoms. The van der Waals surface area contributed by atoms with Crippen LogP contribution < -0.4 is 10.2 Å². The first kappa shape index (κ1) is 18.3. The van der Waals surface area contributed by atoms with Gasteiger partial charge >= 0.3 is 0 Å². The molecule has 2 heterocycles. The summed E-state index contributed by atoms with van der Waals surface area (Å²) >= 11 is 0. The SMILES string of the molecule is O=C(NCc1ccc(F)cc1)C1CC1C(=O)N1CCN(c2ncccn2)CC1. The summed E-state index contributed by atoms with van der Waals surface area (Å²) in [5, 5.41) is 2.84. The molecule has 1 aromatic carbocycles. The molecule has 8 heteroatoms. The lowest BCUT2D eigenvalue weighted by Gasteiger charge is -2.34. The Kier molecular flexibility index (Phi) is 5.18. The topological polar surface area (TPSA) is 78.4 Å². The van der Waals surface area contributed by atoms with Crippen molar-refractivity contribution in [2.45, 2.75) is 13.0 Å². The number of halogens is 1. The second-order valence-corrected chi connectivity index (χ2v) is 7.15. The highest BCUT2D eigenvalue weighted by molar-refractivity contribution is 5.92. The van der Waals surface area contributed by atoms with Gasteiger partial charge in [0.1, 0.15) is 5.82 Å². The molecule has 1 saturated carbocycles. The van der Waals surface area contributed by atoms with Crippen LogP contribution in [0.5, 0.6) is 0 Å². The second-order valence-electron chi connectivity index (χ2n) is 7.15. The summed E-state index contributed by atoms with van der Waals surface area (Å²) in [4.78, 5) is 37.4. The number of rotatable bonds is 5. The van der Waals surface area contributed by atoms with Gasteiger partial charge in [0, 0.05) is 45.1 Å². The van der Waals surface area contributed by atoms with E-state index >= 15 is 0 Å². The van der Waals surface area contributed by atoms with E-state index in [0.717, 1.165) is 5.56 Å². The lowest BCUT2D eigenvalue weighted by atomic mass is 10.2. The van der Waals surface area contributed by atoms with E-state index in [2.05, 4.69) is 20.2 Å². The van der Waals surface area contributed by atoms with Gasteiger partial charge < -0.3 is 15.1 Å². The molecule has 4 rings (SSSR count). The standard InChI is InChI=1S/C20H22FN5O2/c21-15-4-2-14(3-5-15)13-24-18(27)16-12-17(16)19(28)25-8-10-26(11-9-25)20-22-6-1-7-23-20/h1-7,16-17H,8-13H2,(H,24,27). The van der Waals surface area contributed by atoms with Crippen LogP contribution in [0, 0.1) is 17.7 Å². The molecular weight excluding hydrogens is 361 g/mol. The molecule has 0 spiro atoms. The summed E-state index contributed by atoms with van der Waals surface area (Å²) in [6.07, 6.45) is 4.01. The minimum Gasteiger partial charge on any atom is -0.352 e. The lowest BCUT2D eigenvalue weighted by Crippen LogP contribution is -2.50. The Bertz CT molecular complexity index is 837. The Labute approximate surface area is 162 Å². The average Bonchev–Trinajstić information content (AvgIpc) is 3.54. The molecule has 0 bridgehead atoms. The number of hydrogen-bond donors (Lipinski definition) is 1. The molecule has 1 N–H and O–H groups in total. The molecule has 1 aliphatic heterocycles. The van der Waals surface area contributed by atoms with Gasteiger partial charge in [0.05, 0.1) is 11.8 Å². The van der Waals surface area contributed by atoms with Gasteiger partial charge in [0.25, 0.3) is 0 Å². The van der Waals surface area contributed by atoms with Crippen LogP contribution in [0.15, 0.2) is 42.7 Å². The number of nitrogens with zero attached hydrogens (tertiary/aromatic N) is 4. The first-order valence-electron chi connectivity index (χ1n) is 9.45. The van der Waals surface area contributed by atoms with E-state index in [-0.39, 0.29) is 29.5 Å². The number of benzene rings is 1. The molecule has 2 fully saturated rings. The Hall–Kier alpha value is -3.03. The molecule has 2 aromatic rings. The molecule has 0 radical (unpaired) electrons. The largest absolute Gasteiger partial charge is 0.352 e. The molecular formula is C20H22FN5O2. The van der Waals surface area contributed by atoms with Gasteiger partial charge in [0.15, 0.2) is 0 Å². The fourth-order valence-electron chi connectivity index (χ4n) is 3.50. The number of carbonyl (C=O) groups excluding carboxylic acids is 2. The van der Waals surface area contributed by atoms with Gasteiger partial charge in [0.2, 0.25) is 17.8 Å². The second kappa shape index (κ2) is 7.92. The molecule has 1 saturated heterocycles. The monoisotopic (exact) mass is 383 g/mol. The van der Waals surface area contributed by atoms with Gasteiger partial charge in [-0.2, -0.15) is 0 Å². The van der Waals surface area contributed by atoms with Gasteiger partial charge in [-0.05, 0) is 30.2 Å². The van der Waals surface area contributed by atoms with E-state index in [1.54, 1.807) is 30.6 Å². The van der Waals surface area contributed by atoms with Gasteiger partial charge in [-0.3, -0.25) is 9.59 Å². The number of carbonyl (C=O) groups is 2. The van der Waals surface area contributed by atoms with Crippen LogP contribution in [0.25, 0.3) is 0 Å². The van der Waals surface area contributed by atoms with Crippen LogP contribution in [0.3, 0.4) is 0 Å².